The number of carboxylic acids is 1. The van der Waals surface area contributed by atoms with Gasteiger partial charge in [0.05, 0.1) is 11.3 Å². The fourth-order valence-corrected chi connectivity index (χ4v) is 1.68. The second kappa shape index (κ2) is 4.87. The molecule has 1 N–H and O–H groups in total. The molecule has 0 bridgehead atoms. The van der Waals surface area contributed by atoms with Gasteiger partial charge in [-0.15, -0.1) is 0 Å². The smallest absolute Gasteiger partial charge is 0.335 e. The number of aromatic nitrogens is 1. The fourth-order valence-electron chi connectivity index (χ4n) is 1.68. The molecule has 0 aliphatic heterocycles. The molecule has 0 saturated heterocycles. The minimum absolute atomic E-state index is 0.283. The van der Waals surface area contributed by atoms with Crippen molar-refractivity contribution in [2.75, 3.05) is 0 Å². The van der Waals surface area contributed by atoms with Gasteiger partial charge in [-0.3, -0.25) is 4.99 Å². The Morgan fingerprint density at radius 2 is 2.17 bits per heavy atom. The van der Waals surface area contributed by atoms with Crippen LogP contribution in [-0.4, -0.2) is 21.9 Å². The second-order valence-corrected chi connectivity index (χ2v) is 4.17. The molecule has 0 atom stereocenters. The SMILES string of the molecule is Cc1cc(C(=O)O)ccc1N=Cc1ccn(C)c1. The quantitative estimate of drug-likeness (QED) is 0.841. The van der Waals surface area contributed by atoms with E-state index in [2.05, 4.69) is 4.99 Å². The lowest BCUT2D eigenvalue weighted by Gasteiger charge is -2.01. The summed E-state index contributed by atoms with van der Waals surface area (Å²) in [6.45, 7) is 1.85. The lowest BCUT2D eigenvalue weighted by molar-refractivity contribution is 0.0697. The fraction of sp³-hybridized carbons (Fsp3) is 0.143. The molecule has 0 fully saturated rings. The van der Waals surface area contributed by atoms with Crippen LogP contribution in [0.1, 0.15) is 21.5 Å². The summed E-state index contributed by atoms with van der Waals surface area (Å²) in [4.78, 5) is 15.2. The lowest BCUT2D eigenvalue weighted by Crippen LogP contribution is -1.95. The second-order valence-electron chi connectivity index (χ2n) is 4.17. The molecule has 1 heterocycles. The van der Waals surface area contributed by atoms with Gasteiger partial charge >= 0.3 is 5.97 Å². The van der Waals surface area contributed by atoms with E-state index >= 15 is 0 Å². The van der Waals surface area contributed by atoms with Gasteiger partial charge in [-0.05, 0) is 36.8 Å². The Kier molecular flexibility index (Phi) is 3.28. The van der Waals surface area contributed by atoms with Crippen LogP contribution >= 0.6 is 0 Å². The van der Waals surface area contributed by atoms with Crippen molar-refractivity contribution >= 4 is 17.9 Å². The zero-order valence-corrected chi connectivity index (χ0v) is 10.3. The van der Waals surface area contributed by atoms with Gasteiger partial charge in [-0.25, -0.2) is 4.79 Å². The average Bonchev–Trinajstić information content (AvgIpc) is 2.73. The van der Waals surface area contributed by atoms with Gasteiger partial charge in [0, 0.05) is 31.2 Å². The molecule has 92 valence electrons. The van der Waals surface area contributed by atoms with Gasteiger partial charge in [0.1, 0.15) is 0 Å². The van der Waals surface area contributed by atoms with Gasteiger partial charge in [0.2, 0.25) is 0 Å². The maximum Gasteiger partial charge on any atom is 0.335 e. The molecule has 1 aromatic heterocycles. The van der Waals surface area contributed by atoms with Crippen molar-refractivity contribution in [3.8, 4) is 0 Å². The number of carbonyl (C=O) groups is 1. The molecule has 1 aromatic carbocycles. The van der Waals surface area contributed by atoms with Crippen LogP contribution in [-0.2, 0) is 7.05 Å². The molecular formula is C14H14N2O2. The zero-order valence-electron chi connectivity index (χ0n) is 10.3. The first kappa shape index (κ1) is 12.1. The Labute approximate surface area is 105 Å². The third-order valence-corrected chi connectivity index (χ3v) is 2.65. The highest BCUT2D eigenvalue weighted by Gasteiger charge is 2.04. The normalized spacial score (nSPS) is 11.0. The van der Waals surface area contributed by atoms with E-state index in [-0.39, 0.29) is 5.56 Å². The third kappa shape index (κ3) is 2.66. The van der Waals surface area contributed by atoms with Crippen LogP contribution in [0.3, 0.4) is 0 Å². The number of hydrogen-bond donors (Lipinski definition) is 1. The van der Waals surface area contributed by atoms with Crippen LogP contribution in [0.2, 0.25) is 0 Å². The van der Waals surface area contributed by atoms with Crippen molar-refractivity contribution in [1.29, 1.82) is 0 Å². The van der Waals surface area contributed by atoms with E-state index in [9.17, 15) is 4.79 Å². The van der Waals surface area contributed by atoms with Gasteiger partial charge < -0.3 is 9.67 Å². The summed E-state index contributed by atoms with van der Waals surface area (Å²) < 4.78 is 1.95. The van der Waals surface area contributed by atoms with E-state index in [1.165, 1.54) is 0 Å². The Morgan fingerprint density at radius 1 is 1.39 bits per heavy atom. The van der Waals surface area contributed by atoms with E-state index in [0.29, 0.717) is 0 Å². The van der Waals surface area contributed by atoms with Gasteiger partial charge in [-0.1, -0.05) is 0 Å². The maximum absolute atomic E-state index is 10.8. The Hall–Kier alpha value is -2.36. The topological polar surface area (TPSA) is 54.6 Å². The van der Waals surface area contributed by atoms with Crippen molar-refractivity contribution in [3.63, 3.8) is 0 Å². The van der Waals surface area contributed by atoms with E-state index < -0.39 is 5.97 Å². The number of benzene rings is 1. The van der Waals surface area contributed by atoms with Crippen LogP contribution in [0.5, 0.6) is 0 Å². The largest absolute Gasteiger partial charge is 0.478 e. The van der Waals surface area contributed by atoms with Crippen LogP contribution in [0.25, 0.3) is 0 Å². The Morgan fingerprint density at radius 3 is 2.72 bits per heavy atom. The van der Waals surface area contributed by atoms with E-state index in [1.807, 2.05) is 37.0 Å². The summed E-state index contributed by atoms with van der Waals surface area (Å²) in [6, 6.07) is 6.87. The van der Waals surface area contributed by atoms with Gasteiger partial charge in [0.25, 0.3) is 0 Å². The van der Waals surface area contributed by atoms with Crippen molar-refractivity contribution in [2.24, 2.45) is 12.0 Å². The molecule has 0 aliphatic carbocycles. The Balaban J connectivity index is 2.24. The predicted molar refractivity (Wildman–Crippen MR) is 70.8 cm³/mol. The Bertz CT molecular complexity index is 612. The van der Waals surface area contributed by atoms with Gasteiger partial charge in [-0.2, -0.15) is 0 Å². The standard InChI is InChI=1S/C14H14N2O2/c1-10-7-12(14(17)18)3-4-13(10)15-8-11-5-6-16(2)9-11/h3-9H,1-2H3,(H,17,18). The third-order valence-electron chi connectivity index (χ3n) is 2.65. The van der Waals surface area contributed by atoms with Crippen LogP contribution < -0.4 is 0 Å². The molecule has 0 spiro atoms. The van der Waals surface area contributed by atoms with E-state index in [1.54, 1.807) is 24.4 Å². The number of carboxylic acid groups (broad SMARTS) is 1. The summed E-state index contributed by atoms with van der Waals surface area (Å²) in [5.74, 6) is -0.920. The number of aryl methyl sites for hydroxylation is 2. The van der Waals surface area contributed by atoms with Crippen LogP contribution in [0.4, 0.5) is 5.69 Å². The highest BCUT2D eigenvalue weighted by Crippen LogP contribution is 2.19. The van der Waals surface area contributed by atoms with Crippen LogP contribution in [0.15, 0.2) is 41.7 Å². The summed E-state index contributed by atoms with van der Waals surface area (Å²) in [5.41, 5.74) is 2.93. The molecule has 0 aliphatic rings. The van der Waals surface area contributed by atoms with Crippen LogP contribution in [0, 0.1) is 6.92 Å². The number of aromatic carboxylic acids is 1. The first-order valence-electron chi connectivity index (χ1n) is 5.56. The minimum atomic E-state index is -0.920. The van der Waals surface area contributed by atoms with Gasteiger partial charge in [0.15, 0.2) is 0 Å². The number of aliphatic imine (C=N–C) groups is 1. The molecule has 0 unspecified atom stereocenters. The van der Waals surface area contributed by atoms with Crippen molar-refractivity contribution in [3.05, 3.63) is 53.3 Å². The molecule has 2 rings (SSSR count). The molecule has 2 aromatic rings. The number of nitrogens with zero attached hydrogens (tertiary/aromatic N) is 2. The summed E-state index contributed by atoms with van der Waals surface area (Å²) in [7, 11) is 1.95. The first-order chi connectivity index (χ1) is 8.56. The minimum Gasteiger partial charge on any atom is -0.478 e. The monoisotopic (exact) mass is 242 g/mol. The molecule has 18 heavy (non-hydrogen) atoms. The average molecular weight is 242 g/mol. The molecule has 4 nitrogen and oxygen atoms in total. The molecular weight excluding hydrogens is 228 g/mol. The number of hydrogen-bond acceptors (Lipinski definition) is 2. The zero-order chi connectivity index (χ0) is 13.1. The van der Waals surface area contributed by atoms with Crippen molar-refractivity contribution < 1.29 is 9.90 Å². The molecule has 0 saturated carbocycles. The lowest BCUT2D eigenvalue weighted by atomic mass is 10.1. The van der Waals surface area contributed by atoms with E-state index in [4.69, 9.17) is 5.11 Å². The van der Waals surface area contributed by atoms with E-state index in [0.717, 1.165) is 16.8 Å². The molecule has 4 heteroatoms. The predicted octanol–water partition coefficient (Wildman–Crippen LogP) is 2.78. The summed E-state index contributed by atoms with van der Waals surface area (Å²) in [6.07, 6.45) is 5.68. The summed E-state index contributed by atoms with van der Waals surface area (Å²) in [5, 5.41) is 8.87. The number of rotatable bonds is 3. The highest BCUT2D eigenvalue weighted by atomic mass is 16.4. The molecule has 0 radical (unpaired) electrons. The molecule has 0 amide bonds. The first-order valence-corrected chi connectivity index (χ1v) is 5.56. The highest BCUT2D eigenvalue weighted by molar-refractivity contribution is 5.89. The maximum atomic E-state index is 10.8. The van der Waals surface area contributed by atoms with Crippen molar-refractivity contribution in [1.82, 2.24) is 4.57 Å². The van der Waals surface area contributed by atoms with Crippen molar-refractivity contribution in [2.45, 2.75) is 6.92 Å². The summed E-state index contributed by atoms with van der Waals surface area (Å²) >= 11 is 0.